The van der Waals surface area contributed by atoms with E-state index >= 15 is 0 Å². The number of esters is 2. The maximum Gasteiger partial charge on any atom is 0.351 e. The highest BCUT2D eigenvalue weighted by molar-refractivity contribution is 6.03. The Morgan fingerprint density at radius 3 is 2.38 bits per heavy atom. The van der Waals surface area contributed by atoms with E-state index in [-0.39, 0.29) is 19.1 Å². The number of hydrogen-bond donors (Lipinski definition) is 0. The molecule has 0 saturated carbocycles. The monoisotopic (exact) mass is 476 g/mol. The van der Waals surface area contributed by atoms with Gasteiger partial charge in [0.05, 0.1) is 19.8 Å². The first-order valence-electron chi connectivity index (χ1n) is 11.3. The SMILES string of the molecule is CC(=O)O[C@@H](C(=O)OC(C)(C)C)[C@H]1OCCN(c2cccc(C(=O)N3CCOCC3)c2C)C1=O. The number of amides is 2. The molecule has 2 heterocycles. The summed E-state index contributed by atoms with van der Waals surface area (Å²) in [5, 5.41) is 0. The Balaban J connectivity index is 1.88. The van der Waals surface area contributed by atoms with Gasteiger partial charge in [-0.15, -0.1) is 0 Å². The quantitative estimate of drug-likeness (QED) is 0.588. The van der Waals surface area contributed by atoms with E-state index in [1.807, 2.05) is 0 Å². The lowest BCUT2D eigenvalue weighted by Crippen LogP contribution is -2.56. The van der Waals surface area contributed by atoms with Crippen molar-refractivity contribution in [1.82, 2.24) is 4.90 Å². The summed E-state index contributed by atoms with van der Waals surface area (Å²) in [7, 11) is 0. The molecule has 2 aliphatic heterocycles. The molecular weight excluding hydrogens is 444 g/mol. The number of nitrogens with zero attached hydrogens (tertiary/aromatic N) is 2. The lowest BCUT2D eigenvalue weighted by molar-refractivity contribution is -0.188. The first-order valence-corrected chi connectivity index (χ1v) is 11.3. The molecule has 186 valence electrons. The standard InChI is InChI=1S/C24H32N2O8/c1-15-17(21(28)25-9-12-31-13-10-25)7-6-8-18(15)26-11-14-32-19(22(26)29)20(33-16(2)27)23(30)34-24(3,4)5/h6-8,19-20H,9-14H2,1-5H3/t19-,20-/m1/s1. The van der Waals surface area contributed by atoms with Gasteiger partial charge < -0.3 is 28.7 Å². The van der Waals surface area contributed by atoms with Gasteiger partial charge in [0, 0.05) is 37.8 Å². The number of hydrogen-bond acceptors (Lipinski definition) is 8. The van der Waals surface area contributed by atoms with Gasteiger partial charge in [-0.3, -0.25) is 14.4 Å². The van der Waals surface area contributed by atoms with Gasteiger partial charge >= 0.3 is 11.9 Å². The van der Waals surface area contributed by atoms with Crippen LogP contribution in [0.1, 0.15) is 43.6 Å². The van der Waals surface area contributed by atoms with Crippen LogP contribution in [0.25, 0.3) is 0 Å². The van der Waals surface area contributed by atoms with Gasteiger partial charge in [-0.25, -0.2) is 4.79 Å². The Labute approximate surface area is 199 Å². The molecule has 0 aromatic heterocycles. The molecule has 2 amide bonds. The molecule has 2 atom stereocenters. The Morgan fingerprint density at radius 1 is 1.09 bits per heavy atom. The third-order valence-electron chi connectivity index (χ3n) is 5.45. The van der Waals surface area contributed by atoms with Crippen LogP contribution in [-0.4, -0.2) is 85.9 Å². The van der Waals surface area contributed by atoms with E-state index in [9.17, 15) is 19.2 Å². The third kappa shape index (κ3) is 5.92. The lowest BCUT2D eigenvalue weighted by Gasteiger charge is -2.36. The van der Waals surface area contributed by atoms with Gasteiger partial charge in [0.2, 0.25) is 6.10 Å². The van der Waals surface area contributed by atoms with Gasteiger partial charge in [-0.1, -0.05) is 6.07 Å². The van der Waals surface area contributed by atoms with Crippen LogP contribution in [-0.2, 0) is 33.3 Å². The average Bonchev–Trinajstić information content (AvgIpc) is 2.77. The zero-order valence-electron chi connectivity index (χ0n) is 20.3. The van der Waals surface area contributed by atoms with Crippen LogP contribution in [0, 0.1) is 6.92 Å². The molecule has 2 fully saturated rings. The van der Waals surface area contributed by atoms with E-state index in [1.54, 1.807) is 50.8 Å². The maximum atomic E-state index is 13.4. The number of morpholine rings is 2. The van der Waals surface area contributed by atoms with Crippen LogP contribution >= 0.6 is 0 Å². The minimum absolute atomic E-state index is 0.109. The fourth-order valence-electron chi connectivity index (χ4n) is 3.92. The molecule has 10 nitrogen and oxygen atoms in total. The van der Waals surface area contributed by atoms with Crippen LogP contribution in [0.4, 0.5) is 5.69 Å². The first-order chi connectivity index (χ1) is 16.0. The van der Waals surface area contributed by atoms with Crippen LogP contribution in [0.2, 0.25) is 0 Å². The summed E-state index contributed by atoms with van der Waals surface area (Å²) in [6, 6.07) is 5.17. The summed E-state index contributed by atoms with van der Waals surface area (Å²) in [5.41, 5.74) is 0.800. The predicted octanol–water partition coefficient (Wildman–Crippen LogP) is 1.47. The van der Waals surface area contributed by atoms with Gasteiger partial charge in [0.1, 0.15) is 5.60 Å². The van der Waals surface area contributed by atoms with E-state index in [0.29, 0.717) is 43.1 Å². The van der Waals surface area contributed by atoms with Crippen molar-refractivity contribution in [3.8, 4) is 0 Å². The minimum atomic E-state index is -1.55. The van der Waals surface area contributed by atoms with Crippen molar-refractivity contribution in [1.29, 1.82) is 0 Å². The second-order valence-corrected chi connectivity index (χ2v) is 9.20. The molecule has 0 bridgehead atoms. The van der Waals surface area contributed by atoms with Crippen molar-refractivity contribution in [2.75, 3.05) is 44.4 Å². The normalized spacial score (nSPS) is 20.0. The zero-order valence-corrected chi connectivity index (χ0v) is 20.3. The summed E-state index contributed by atoms with van der Waals surface area (Å²) < 4.78 is 21.4. The molecule has 0 unspecified atom stereocenters. The Hall–Kier alpha value is -2.98. The van der Waals surface area contributed by atoms with Crippen molar-refractivity contribution >= 4 is 29.4 Å². The van der Waals surface area contributed by atoms with Crippen molar-refractivity contribution in [3.63, 3.8) is 0 Å². The number of ether oxygens (including phenoxy) is 4. The smallest absolute Gasteiger partial charge is 0.351 e. The first kappa shape index (κ1) is 25.6. The Morgan fingerprint density at radius 2 is 1.76 bits per heavy atom. The lowest BCUT2D eigenvalue weighted by atomic mass is 10.0. The van der Waals surface area contributed by atoms with E-state index < -0.39 is 35.7 Å². The zero-order chi connectivity index (χ0) is 25.0. The summed E-state index contributed by atoms with van der Waals surface area (Å²) in [6.45, 7) is 10.2. The summed E-state index contributed by atoms with van der Waals surface area (Å²) in [5.74, 6) is -2.29. The molecule has 0 spiro atoms. The molecule has 1 aromatic rings. The van der Waals surface area contributed by atoms with Gasteiger partial charge in [-0.2, -0.15) is 0 Å². The average molecular weight is 477 g/mol. The molecule has 0 aliphatic carbocycles. The minimum Gasteiger partial charge on any atom is -0.457 e. The molecule has 0 N–H and O–H groups in total. The fraction of sp³-hybridized carbons (Fsp3) is 0.583. The van der Waals surface area contributed by atoms with Crippen molar-refractivity contribution < 1.29 is 38.1 Å². The Kier molecular flexibility index (Phi) is 7.93. The van der Waals surface area contributed by atoms with Gasteiger partial charge in [-0.05, 0) is 45.4 Å². The van der Waals surface area contributed by atoms with E-state index in [4.69, 9.17) is 18.9 Å². The number of anilines is 1. The van der Waals surface area contributed by atoms with E-state index in [2.05, 4.69) is 0 Å². The largest absolute Gasteiger partial charge is 0.457 e. The molecule has 2 saturated heterocycles. The Bertz CT molecular complexity index is 949. The second-order valence-electron chi connectivity index (χ2n) is 9.20. The molecule has 3 rings (SSSR count). The second kappa shape index (κ2) is 10.5. The topological polar surface area (TPSA) is 112 Å². The van der Waals surface area contributed by atoms with Crippen molar-refractivity contribution in [2.45, 2.75) is 52.4 Å². The summed E-state index contributed by atoms with van der Waals surface area (Å²) >= 11 is 0. The van der Waals surface area contributed by atoms with Gasteiger partial charge in [0.25, 0.3) is 11.8 Å². The molecule has 34 heavy (non-hydrogen) atoms. The summed E-state index contributed by atoms with van der Waals surface area (Å²) in [4.78, 5) is 54.1. The third-order valence-corrected chi connectivity index (χ3v) is 5.45. The molecule has 0 radical (unpaired) electrons. The summed E-state index contributed by atoms with van der Waals surface area (Å²) in [6.07, 6.45) is -2.92. The van der Waals surface area contributed by atoms with Crippen LogP contribution in [0.15, 0.2) is 18.2 Å². The number of rotatable bonds is 5. The molecule has 10 heteroatoms. The molecule has 2 aliphatic rings. The van der Waals surface area contributed by atoms with Crippen LogP contribution in [0.3, 0.4) is 0 Å². The molecule has 1 aromatic carbocycles. The van der Waals surface area contributed by atoms with E-state index in [1.165, 1.54) is 4.90 Å². The highest BCUT2D eigenvalue weighted by Crippen LogP contribution is 2.28. The van der Waals surface area contributed by atoms with Crippen LogP contribution < -0.4 is 4.90 Å². The number of carbonyl (C=O) groups is 4. The van der Waals surface area contributed by atoms with Crippen molar-refractivity contribution in [3.05, 3.63) is 29.3 Å². The highest BCUT2D eigenvalue weighted by atomic mass is 16.6. The number of carbonyl (C=O) groups excluding carboxylic acids is 4. The fourth-order valence-corrected chi connectivity index (χ4v) is 3.92. The maximum absolute atomic E-state index is 13.4. The molecular formula is C24H32N2O8. The van der Waals surface area contributed by atoms with Gasteiger partial charge in [0.15, 0.2) is 6.10 Å². The van der Waals surface area contributed by atoms with E-state index in [0.717, 1.165) is 6.92 Å². The van der Waals surface area contributed by atoms with Crippen molar-refractivity contribution in [2.24, 2.45) is 0 Å². The highest BCUT2D eigenvalue weighted by Gasteiger charge is 2.44. The number of benzene rings is 1. The van der Waals surface area contributed by atoms with Crippen LogP contribution in [0.5, 0.6) is 0 Å². The predicted molar refractivity (Wildman–Crippen MR) is 121 cm³/mol.